The number of ether oxygens (including phenoxy) is 2. The predicted molar refractivity (Wildman–Crippen MR) is 132 cm³/mol. The molecule has 0 spiro atoms. The Morgan fingerprint density at radius 2 is 1.80 bits per heavy atom. The standard InChI is InChI=1S/C25H18ClFN6O2/c1-34-24-18(13-29-25(33-24)35-2)14-5-8-21-17(10-14)23(30-16-6-7-20(27)19(26)11-16)32-22(31-21)15-4-3-9-28-12-15/h3-13H,1-2H3,(H,30,31,32). The number of hydrogen-bond donors (Lipinski definition) is 1. The molecular formula is C25H18ClFN6O2. The zero-order chi connectivity index (χ0) is 24.4. The molecule has 0 saturated carbocycles. The number of anilines is 2. The molecule has 0 aliphatic carbocycles. The quantitative estimate of drug-likeness (QED) is 0.325. The van der Waals surface area contributed by atoms with Crippen LogP contribution in [0.3, 0.4) is 0 Å². The van der Waals surface area contributed by atoms with Crippen molar-refractivity contribution in [3.05, 3.63) is 78.0 Å². The van der Waals surface area contributed by atoms with Gasteiger partial charge in [-0.15, -0.1) is 0 Å². The Hall–Kier alpha value is -4.37. The molecule has 3 heterocycles. The Balaban J connectivity index is 1.68. The summed E-state index contributed by atoms with van der Waals surface area (Å²) < 4.78 is 24.3. The van der Waals surface area contributed by atoms with Crippen molar-refractivity contribution in [2.75, 3.05) is 19.5 Å². The summed E-state index contributed by atoms with van der Waals surface area (Å²) in [6.45, 7) is 0. The fourth-order valence-corrected chi connectivity index (χ4v) is 3.71. The van der Waals surface area contributed by atoms with Gasteiger partial charge in [0, 0.05) is 35.2 Å². The molecule has 0 aliphatic rings. The highest BCUT2D eigenvalue weighted by Crippen LogP contribution is 2.34. The van der Waals surface area contributed by atoms with Crippen molar-refractivity contribution in [1.82, 2.24) is 24.9 Å². The molecule has 8 nitrogen and oxygen atoms in total. The van der Waals surface area contributed by atoms with E-state index in [-0.39, 0.29) is 11.0 Å². The third kappa shape index (κ3) is 4.53. The van der Waals surface area contributed by atoms with Crippen LogP contribution in [0.2, 0.25) is 5.02 Å². The van der Waals surface area contributed by atoms with Gasteiger partial charge < -0.3 is 14.8 Å². The molecule has 0 atom stereocenters. The van der Waals surface area contributed by atoms with Crippen LogP contribution in [-0.2, 0) is 0 Å². The van der Waals surface area contributed by atoms with Crippen molar-refractivity contribution in [1.29, 1.82) is 0 Å². The summed E-state index contributed by atoms with van der Waals surface area (Å²) >= 11 is 5.99. The minimum atomic E-state index is -0.505. The maximum absolute atomic E-state index is 13.7. The van der Waals surface area contributed by atoms with E-state index in [1.807, 2.05) is 30.3 Å². The van der Waals surface area contributed by atoms with Crippen LogP contribution < -0.4 is 14.8 Å². The lowest BCUT2D eigenvalue weighted by molar-refractivity contribution is 0.353. The van der Waals surface area contributed by atoms with Crippen LogP contribution in [0.5, 0.6) is 11.9 Å². The van der Waals surface area contributed by atoms with E-state index in [2.05, 4.69) is 20.3 Å². The SMILES string of the molecule is COc1ncc(-c2ccc3nc(-c4cccnc4)nc(Nc4ccc(F)c(Cl)c4)c3c2)c(OC)n1. The number of nitrogens with one attached hydrogen (secondary N) is 1. The molecule has 174 valence electrons. The predicted octanol–water partition coefficient (Wildman–Crippen LogP) is 5.70. The summed E-state index contributed by atoms with van der Waals surface area (Å²) in [4.78, 5) is 22.1. The average molecular weight is 489 g/mol. The van der Waals surface area contributed by atoms with Crippen molar-refractivity contribution in [2.45, 2.75) is 0 Å². The van der Waals surface area contributed by atoms with E-state index < -0.39 is 5.82 Å². The van der Waals surface area contributed by atoms with Gasteiger partial charge in [-0.2, -0.15) is 4.98 Å². The second kappa shape index (κ2) is 9.47. The Labute approximate surface area is 204 Å². The first-order valence-corrected chi connectivity index (χ1v) is 10.8. The number of benzene rings is 2. The Kier molecular flexibility index (Phi) is 6.07. The molecule has 0 unspecified atom stereocenters. The summed E-state index contributed by atoms with van der Waals surface area (Å²) in [5.74, 6) is 0.852. The molecule has 1 N–H and O–H groups in total. The second-order valence-electron chi connectivity index (χ2n) is 7.40. The molecule has 3 aromatic heterocycles. The van der Waals surface area contributed by atoms with Crippen molar-refractivity contribution in [3.8, 4) is 34.4 Å². The average Bonchev–Trinajstić information content (AvgIpc) is 2.90. The molecule has 0 saturated heterocycles. The highest BCUT2D eigenvalue weighted by Gasteiger charge is 2.15. The number of fused-ring (bicyclic) bond motifs is 1. The third-order valence-corrected chi connectivity index (χ3v) is 5.51. The molecule has 0 fully saturated rings. The highest BCUT2D eigenvalue weighted by atomic mass is 35.5. The van der Waals surface area contributed by atoms with Crippen LogP contribution in [-0.4, -0.2) is 39.1 Å². The lowest BCUT2D eigenvalue weighted by Crippen LogP contribution is -2.01. The van der Waals surface area contributed by atoms with Crippen LogP contribution in [0.4, 0.5) is 15.9 Å². The van der Waals surface area contributed by atoms with Gasteiger partial charge >= 0.3 is 6.01 Å². The van der Waals surface area contributed by atoms with Gasteiger partial charge in [0.15, 0.2) is 5.82 Å². The second-order valence-corrected chi connectivity index (χ2v) is 7.81. The molecule has 0 bridgehead atoms. The molecule has 0 radical (unpaired) electrons. The minimum Gasteiger partial charge on any atom is -0.480 e. The van der Waals surface area contributed by atoms with Crippen LogP contribution >= 0.6 is 11.6 Å². The number of halogens is 2. The topological polar surface area (TPSA) is 94.9 Å². The van der Waals surface area contributed by atoms with E-state index in [4.69, 9.17) is 31.0 Å². The zero-order valence-electron chi connectivity index (χ0n) is 18.7. The first-order valence-electron chi connectivity index (χ1n) is 10.5. The molecule has 5 rings (SSSR count). The molecule has 35 heavy (non-hydrogen) atoms. The molecule has 2 aromatic carbocycles. The van der Waals surface area contributed by atoms with Gasteiger partial charge in [-0.1, -0.05) is 17.7 Å². The first kappa shape index (κ1) is 22.4. The summed E-state index contributed by atoms with van der Waals surface area (Å²) in [5, 5.41) is 3.96. The highest BCUT2D eigenvalue weighted by molar-refractivity contribution is 6.31. The van der Waals surface area contributed by atoms with Crippen molar-refractivity contribution >= 4 is 34.0 Å². The molecular weight excluding hydrogens is 471 g/mol. The van der Waals surface area contributed by atoms with E-state index in [0.717, 1.165) is 11.1 Å². The summed E-state index contributed by atoms with van der Waals surface area (Å²) in [6, 6.07) is 13.9. The van der Waals surface area contributed by atoms with Crippen molar-refractivity contribution in [2.24, 2.45) is 0 Å². The summed E-state index contributed by atoms with van der Waals surface area (Å²) in [5.41, 5.74) is 3.47. The van der Waals surface area contributed by atoms with Gasteiger partial charge in [0.05, 0.1) is 30.3 Å². The van der Waals surface area contributed by atoms with Crippen LogP contribution in [0.15, 0.2) is 67.1 Å². The Morgan fingerprint density at radius 1 is 0.914 bits per heavy atom. The maximum atomic E-state index is 13.7. The third-order valence-electron chi connectivity index (χ3n) is 5.22. The molecule has 0 amide bonds. The normalized spacial score (nSPS) is 10.9. The number of nitrogens with zero attached hydrogens (tertiary/aromatic N) is 5. The molecule has 5 aromatic rings. The molecule has 0 aliphatic heterocycles. The fourth-order valence-electron chi connectivity index (χ4n) is 3.53. The monoisotopic (exact) mass is 488 g/mol. The van der Waals surface area contributed by atoms with E-state index in [1.165, 1.54) is 26.4 Å². The largest absolute Gasteiger partial charge is 0.480 e. The van der Waals surface area contributed by atoms with Crippen LogP contribution in [0, 0.1) is 5.82 Å². The van der Waals surface area contributed by atoms with Gasteiger partial charge in [-0.25, -0.2) is 19.3 Å². The smallest absolute Gasteiger partial charge is 0.319 e. The van der Waals surface area contributed by atoms with Crippen molar-refractivity contribution < 1.29 is 13.9 Å². The Morgan fingerprint density at radius 3 is 2.54 bits per heavy atom. The summed E-state index contributed by atoms with van der Waals surface area (Å²) in [7, 11) is 3.02. The first-order chi connectivity index (χ1) is 17.1. The Bertz CT molecular complexity index is 1530. The number of hydrogen-bond acceptors (Lipinski definition) is 8. The van der Waals surface area contributed by atoms with Gasteiger partial charge in [0.25, 0.3) is 0 Å². The van der Waals surface area contributed by atoms with E-state index in [0.29, 0.717) is 39.7 Å². The maximum Gasteiger partial charge on any atom is 0.319 e. The summed E-state index contributed by atoms with van der Waals surface area (Å²) in [6.07, 6.45) is 5.00. The number of aromatic nitrogens is 5. The van der Waals surface area contributed by atoms with Crippen LogP contribution in [0.25, 0.3) is 33.4 Å². The van der Waals surface area contributed by atoms with Gasteiger partial charge in [-0.05, 0) is 48.0 Å². The number of methoxy groups -OCH3 is 2. The minimum absolute atomic E-state index is 0.00153. The number of rotatable bonds is 6. The van der Waals surface area contributed by atoms with Gasteiger partial charge in [0.2, 0.25) is 5.88 Å². The van der Waals surface area contributed by atoms with Gasteiger partial charge in [0.1, 0.15) is 11.6 Å². The van der Waals surface area contributed by atoms with Crippen LogP contribution in [0.1, 0.15) is 0 Å². The lowest BCUT2D eigenvalue weighted by Gasteiger charge is -2.13. The fraction of sp³-hybridized carbons (Fsp3) is 0.0800. The van der Waals surface area contributed by atoms with E-state index >= 15 is 0 Å². The molecule has 10 heteroatoms. The van der Waals surface area contributed by atoms with Gasteiger partial charge in [-0.3, -0.25) is 4.98 Å². The van der Waals surface area contributed by atoms with Crippen molar-refractivity contribution in [3.63, 3.8) is 0 Å². The van der Waals surface area contributed by atoms with E-state index in [1.54, 1.807) is 24.7 Å². The number of pyridine rings is 1. The zero-order valence-corrected chi connectivity index (χ0v) is 19.4. The van der Waals surface area contributed by atoms with E-state index in [9.17, 15) is 4.39 Å². The lowest BCUT2D eigenvalue weighted by atomic mass is 10.1.